The molecular weight excluding hydrogens is 306 g/mol. The van der Waals surface area contributed by atoms with Gasteiger partial charge in [-0.05, 0) is 32.2 Å². The van der Waals surface area contributed by atoms with Crippen LogP contribution < -0.4 is 5.84 Å². The van der Waals surface area contributed by atoms with E-state index in [4.69, 9.17) is 5.84 Å². The molecule has 114 valence electrons. The molecule has 0 saturated carbocycles. The second-order valence-corrected chi connectivity index (χ2v) is 6.68. The second-order valence-electron chi connectivity index (χ2n) is 4.42. The molecule has 0 saturated heterocycles. The molecule has 2 rings (SSSR count). The topological polar surface area (TPSA) is 77.0 Å². The number of hydrogen-bond donors (Lipinski definition) is 1. The zero-order valence-corrected chi connectivity index (χ0v) is 13.9. The number of nitrogens with two attached hydrogens (primary N) is 1. The average Bonchev–Trinajstić information content (AvgIpc) is 3.11. The van der Waals surface area contributed by atoms with Crippen LogP contribution in [0.25, 0.3) is 10.7 Å². The summed E-state index contributed by atoms with van der Waals surface area (Å²) in [5.41, 5.74) is 0. The molecule has 8 heteroatoms. The first-order valence-electron chi connectivity index (χ1n) is 6.78. The van der Waals surface area contributed by atoms with Crippen molar-refractivity contribution in [2.45, 2.75) is 31.2 Å². The van der Waals surface area contributed by atoms with Crippen LogP contribution in [0.4, 0.5) is 0 Å². The number of nitrogens with zero attached hydrogens (tertiary/aromatic N) is 4. The highest BCUT2D eigenvalue weighted by molar-refractivity contribution is 8.00. The monoisotopic (exact) mass is 325 g/mol. The summed E-state index contributed by atoms with van der Waals surface area (Å²) in [6, 6.07) is 3.88. The van der Waals surface area contributed by atoms with E-state index in [1.54, 1.807) is 16.2 Å². The number of thiophene rings is 1. The summed E-state index contributed by atoms with van der Waals surface area (Å²) in [5.74, 6) is 6.75. The molecule has 0 aliphatic heterocycles. The first-order valence-corrected chi connectivity index (χ1v) is 8.54. The molecule has 6 nitrogen and oxygen atoms in total. The lowest BCUT2D eigenvalue weighted by molar-refractivity contribution is -0.129. The predicted molar refractivity (Wildman–Crippen MR) is 86.7 cm³/mol. The summed E-state index contributed by atoms with van der Waals surface area (Å²) in [6.45, 7) is 7.22. The van der Waals surface area contributed by atoms with Crippen LogP contribution in [0.1, 0.15) is 20.8 Å². The largest absolute Gasteiger partial charge is 0.342 e. The number of nitrogen functional groups attached to an aromatic ring is 1. The number of carbonyl (C=O) groups excluding carboxylic acids is 1. The molecule has 1 amide bonds. The summed E-state index contributed by atoms with van der Waals surface area (Å²) >= 11 is 2.89. The number of amides is 1. The SMILES string of the molecule is CCN(CC)C(=O)C(C)Sc1nnc(-c2cccs2)n1N. The van der Waals surface area contributed by atoms with Crippen molar-refractivity contribution >= 4 is 29.0 Å². The standard InChI is InChI=1S/C13H19N5OS2/c1-4-17(5-2)12(19)9(3)21-13-16-15-11(18(13)14)10-7-6-8-20-10/h6-9H,4-5,14H2,1-3H3. The van der Waals surface area contributed by atoms with Gasteiger partial charge in [0, 0.05) is 13.1 Å². The fraction of sp³-hybridized carbons (Fsp3) is 0.462. The quantitative estimate of drug-likeness (QED) is 0.650. The molecule has 0 spiro atoms. The number of hydrogen-bond acceptors (Lipinski definition) is 6. The molecule has 21 heavy (non-hydrogen) atoms. The predicted octanol–water partition coefficient (Wildman–Crippen LogP) is 2.07. The Kier molecular flexibility index (Phi) is 5.24. The van der Waals surface area contributed by atoms with Gasteiger partial charge < -0.3 is 10.7 Å². The van der Waals surface area contributed by atoms with E-state index in [1.807, 2.05) is 38.3 Å². The molecule has 2 aromatic heterocycles. The summed E-state index contributed by atoms with van der Waals surface area (Å²) in [4.78, 5) is 15.0. The fourth-order valence-corrected chi connectivity index (χ4v) is 3.49. The van der Waals surface area contributed by atoms with Gasteiger partial charge in [0.25, 0.3) is 0 Å². The molecule has 0 radical (unpaired) electrons. The highest BCUT2D eigenvalue weighted by atomic mass is 32.2. The Morgan fingerprint density at radius 1 is 1.48 bits per heavy atom. The molecule has 2 N–H and O–H groups in total. The Bertz CT molecular complexity index is 592. The van der Waals surface area contributed by atoms with E-state index in [0.29, 0.717) is 24.1 Å². The van der Waals surface area contributed by atoms with Crippen molar-refractivity contribution in [3.05, 3.63) is 17.5 Å². The van der Waals surface area contributed by atoms with E-state index in [-0.39, 0.29) is 11.2 Å². The number of carbonyl (C=O) groups is 1. The molecule has 0 fully saturated rings. The number of rotatable bonds is 6. The highest BCUT2D eigenvalue weighted by Crippen LogP contribution is 2.27. The van der Waals surface area contributed by atoms with E-state index in [0.717, 1.165) is 4.88 Å². The van der Waals surface area contributed by atoms with E-state index in [9.17, 15) is 4.79 Å². The minimum Gasteiger partial charge on any atom is -0.342 e. The van der Waals surface area contributed by atoms with Crippen LogP contribution in [0.15, 0.2) is 22.7 Å². The van der Waals surface area contributed by atoms with Gasteiger partial charge >= 0.3 is 0 Å². The number of thioether (sulfide) groups is 1. The van der Waals surface area contributed by atoms with Crippen LogP contribution in [0, 0.1) is 0 Å². The maximum absolute atomic E-state index is 12.3. The molecule has 2 heterocycles. The van der Waals surface area contributed by atoms with Gasteiger partial charge in [-0.2, -0.15) is 0 Å². The molecule has 0 aliphatic rings. The van der Waals surface area contributed by atoms with Crippen LogP contribution in [0.5, 0.6) is 0 Å². The minimum atomic E-state index is -0.243. The van der Waals surface area contributed by atoms with Gasteiger partial charge in [-0.15, -0.1) is 21.5 Å². The lowest BCUT2D eigenvalue weighted by Gasteiger charge is -2.22. The molecule has 0 aliphatic carbocycles. The van der Waals surface area contributed by atoms with Crippen molar-refractivity contribution in [2.24, 2.45) is 0 Å². The fourth-order valence-electron chi connectivity index (χ4n) is 1.93. The Hall–Kier alpha value is -1.54. The van der Waals surface area contributed by atoms with Crippen molar-refractivity contribution in [3.63, 3.8) is 0 Å². The van der Waals surface area contributed by atoms with Crippen molar-refractivity contribution in [1.29, 1.82) is 0 Å². The van der Waals surface area contributed by atoms with E-state index in [1.165, 1.54) is 16.4 Å². The lowest BCUT2D eigenvalue weighted by Crippen LogP contribution is -2.36. The van der Waals surface area contributed by atoms with Crippen LogP contribution in [0.2, 0.25) is 0 Å². The lowest BCUT2D eigenvalue weighted by atomic mass is 10.4. The van der Waals surface area contributed by atoms with Crippen molar-refractivity contribution in [3.8, 4) is 10.7 Å². The van der Waals surface area contributed by atoms with Gasteiger partial charge in [-0.25, -0.2) is 4.68 Å². The van der Waals surface area contributed by atoms with Crippen molar-refractivity contribution in [1.82, 2.24) is 19.8 Å². The van der Waals surface area contributed by atoms with Crippen molar-refractivity contribution < 1.29 is 4.79 Å². The molecule has 0 bridgehead atoms. The maximum Gasteiger partial charge on any atom is 0.235 e. The molecule has 1 atom stereocenters. The minimum absolute atomic E-state index is 0.0886. The first kappa shape index (κ1) is 15.8. The zero-order valence-electron chi connectivity index (χ0n) is 12.3. The summed E-state index contributed by atoms with van der Waals surface area (Å²) in [6.07, 6.45) is 0. The summed E-state index contributed by atoms with van der Waals surface area (Å²) in [5, 5.41) is 10.5. The third-order valence-corrected chi connectivity index (χ3v) is 5.02. The second kappa shape index (κ2) is 6.95. The van der Waals surface area contributed by atoms with Crippen LogP contribution >= 0.6 is 23.1 Å². The van der Waals surface area contributed by atoms with E-state index >= 15 is 0 Å². The Balaban J connectivity index is 2.12. The van der Waals surface area contributed by atoms with E-state index < -0.39 is 0 Å². The number of aromatic nitrogens is 3. The zero-order chi connectivity index (χ0) is 15.4. The van der Waals surface area contributed by atoms with Gasteiger partial charge in [0.1, 0.15) is 0 Å². The maximum atomic E-state index is 12.3. The van der Waals surface area contributed by atoms with Crippen molar-refractivity contribution in [2.75, 3.05) is 18.9 Å². The molecule has 0 aromatic carbocycles. The average molecular weight is 325 g/mol. The normalized spacial score (nSPS) is 12.3. The molecular formula is C13H19N5OS2. The van der Waals surface area contributed by atoms with E-state index in [2.05, 4.69) is 10.2 Å². The van der Waals surface area contributed by atoms with Gasteiger partial charge in [-0.3, -0.25) is 4.79 Å². The Labute approximate surface area is 132 Å². The first-order chi connectivity index (χ1) is 10.1. The van der Waals surface area contributed by atoms with Crippen LogP contribution in [0.3, 0.4) is 0 Å². The van der Waals surface area contributed by atoms with Crippen LogP contribution in [-0.4, -0.2) is 44.0 Å². The smallest absolute Gasteiger partial charge is 0.235 e. The van der Waals surface area contributed by atoms with Crippen LogP contribution in [-0.2, 0) is 4.79 Å². The summed E-state index contributed by atoms with van der Waals surface area (Å²) < 4.78 is 1.45. The summed E-state index contributed by atoms with van der Waals surface area (Å²) in [7, 11) is 0. The van der Waals surface area contributed by atoms with Gasteiger partial charge in [-0.1, -0.05) is 17.8 Å². The highest BCUT2D eigenvalue weighted by Gasteiger charge is 2.22. The van der Waals surface area contributed by atoms with Gasteiger partial charge in [0.15, 0.2) is 5.82 Å². The van der Waals surface area contributed by atoms with Gasteiger partial charge in [0.2, 0.25) is 11.1 Å². The Morgan fingerprint density at radius 2 is 2.19 bits per heavy atom. The third-order valence-electron chi connectivity index (χ3n) is 3.11. The van der Waals surface area contributed by atoms with Gasteiger partial charge in [0.05, 0.1) is 10.1 Å². The molecule has 2 aromatic rings. The third kappa shape index (κ3) is 3.38. The molecule has 1 unspecified atom stereocenters. The Morgan fingerprint density at radius 3 is 2.76 bits per heavy atom.